The maximum absolute atomic E-state index is 12.2. The summed E-state index contributed by atoms with van der Waals surface area (Å²) >= 11 is 0. The number of carboxylic acids is 1. The van der Waals surface area contributed by atoms with E-state index in [1.165, 1.54) is 0 Å². The highest BCUT2D eigenvalue weighted by Gasteiger charge is 2.24. The molecule has 3 atom stereocenters. The summed E-state index contributed by atoms with van der Waals surface area (Å²) in [4.78, 5) is 21.8. The Balaban J connectivity index is 2.23. The van der Waals surface area contributed by atoms with Crippen molar-refractivity contribution in [3.05, 3.63) is 0 Å². The van der Waals surface area contributed by atoms with Gasteiger partial charge in [-0.2, -0.15) is 0 Å². The van der Waals surface area contributed by atoms with Crippen LogP contribution in [0, 0.1) is 0 Å². The second-order valence-electron chi connectivity index (χ2n) is 4.30. The number of rotatable bonds is 6. The van der Waals surface area contributed by atoms with Crippen molar-refractivity contribution in [2.45, 2.75) is 50.9 Å². The first-order valence-electron chi connectivity index (χ1n) is 5.76. The summed E-state index contributed by atoms with van der Waals surface area (Å²) in [6.45, 7) is 0.877. The molecule has 0 spiro atoms. The molecule has 1 aliphatic rings. The average molecular weight is 247 g/mol. The van der Waals surface area contributed by atoms with Gasteiger partial charge < -0.3 is 15.2 Å². The molecular formula is C11H18FNO4. The number of alkyl halides is 1. The Hall–Kier alpha value is -1.17. The lowest BCUT2D eigenvalue weighted by molar-refractivity contribution is -0.142. The molecule has 2 N–H and O–H groups in total. The van der Waals surface area contributed by atoms with E-state index in [0.717, 1.165) is 12.8 Å². The van der Waals surface area contributed by atoms with Gasteiger partial charge in [0, 0.05) is 6.42 Å². The summed E-state index contributed by atoms with van der Waals surface area (Å²) in [6, 6.07) is -1.44. The molecule has 1 amide bonds. The first-order chi connectivity index (χ1) is 8.02. The fraction of sp³-hybridized carbons (Fsp3) is 0.818. The van der Waals surface area contributed by atoms with Gasteiger partial charge in [-0.15, -0.1) is 0 Å². The molecule has 1 heterocycles. The van der Waals surface area contributed by atoms with Crippen molar-refractivity contribution < 1.29 is 23.8 Å². The minimum atomic E-state index is -1.44. The third kappa shape index (κ3) is 4.68. The number of amides is 1. The van der Waals surface area contributed by atoms with Gasteiger partial charge in [0.05, 0.1) is 12.2 Å². The molecule has 1 fully saturated rings. The van der Waals surface area contributed by atoms with Gasteiger partial charge in [-0.05, 0) is 26.2 Å². The summed E-state index contributed by atoms with van der Waals surface area (Å²) in [5.41, 5.74) is 0. The largest absolute Gasteiger partial charge is 0.480 e. The van der Waals surface area contributed by atoms with Crippen LogP contribution >= 0.6 is 0 Å². The van der Waals surface area contributed by atoms with Crippen molar-refractivity contribution in [2.24, 2.45) is 0 Å². The predicted molar refractivity (Wildman–Crippen MR) is 58.3 cm³/mol. The van der Waals surface area contributed by atoms with E-state index in [9.17, 15) is 14.0 Å². The molecule has 1 aliphatic heterocycles. The minimum Gasteiger partial charge on any atom is -0.480 e. The lowest BCUT2D eigenvalue weighted by atomic mass is 10.1. The SMILES string of the molecule is CC1CCC(CCC(=O)NC(CF)C(=O)O)O1. The second-order valence-corrected chi connectivity index (χ2v) is 4.30. The Morgan fingerprint density at radius 2 is 2.24 bits per heavy atom. The average Bonchev–Trinajstić information content (AvgIpc) is 2.68. The van der Waals surface area contributed by atoms with Gasteiger partial charge in [0.15, 0.2) is 6.04 Å². The van der Waals surface area contributed by atoms with E-state index >= 15 is 0 Å². The van der Waals surface area contributed by atoms with Gasteiger partial charge in [0.1, 0.15) is 6.67 Å². The zero-order valence-corrected chi connectivity index (χ0v) is 9.82. The zero-order chi connectivity index (χ0) is 12.8. The van der Waals surface area contributed by atoms with Crippen LogP contribution < -0.4 is 5.32 Å². The van der Waals surface area contributed by atoms with Gasteiger partial charge in [-0.25, -0.2) is 9.18 Å². The lowest BCUT2D eigenvalue weighted by Crippen LogP contribution is -2.42. The Morgan fingerprint density at radius 3 is 2.71 bits per heavy atom. The normalized spacial score (nSPS) is 25.5. The highest BCUT2D eigenvalue weighted by molar-refractivity contribution is 5.83. The molecule has 0 aromatic heterocycles. The molecule has 0 aliphatic carbocycles. The van der Waals surface area contributed by atoms with Crippen LogP contribution in [0.4, 0.5) is 4.39 Å². The van der Waals surface area contributed by atoms with E-state index in [1.807, 2.05) is 6.92 Å². The summed E-state index contributed by atoms with van der Waals surface area (Å²) in [6.07, 6.45) is 2.90. The molecule has 0 radical (unpaired) electrons. The van der Waals surface area contributed by atoms with Crippen LogP contribution in [0.1, 0.15) is 32.6 Å². The highest BCUT2D eigenvalue weighted by atomic mass is 19.1. The fourth-order valence-corrected chi connectivity index (χ4v) is 1.82. The molecule has 1 rings (SSSR count). The number of carbonyl (C=O) groups excluding carboxylic acids is 1. The molecule has 0 aromatic rings. The van der Waals surface area contributed by atoms with Crippen molar-refractivity contribution in [2.75, 3.05) is 6.67 Å². The number of carbonyl (C=O) groups is 2. The Kier molecular flexibility index (Phi) is 5.34. The first kappa shape index (κ1) is 13.9. The molecule has 17 heavy (non-hydrogen) atoms. The van der Waals surface area contributed by atoms with Crippen molar-refractivity contribution in [1.82, 2.24) is 5.32 Å². The molecule has 3 unspecified atom stereocenters. The summed E-state index contributed by atoms with van der Waals surface area (Å²) in [7, 11) is 0. The first-order valence-corrected chi connectivity index (χ1v) is 5.76. The number of carboxylic acid groups (broad SMARTS) is 1. The molecule has 5 nitrogen and oxygen atoms in total. The Labute approximate surface area is 99.3 Å². The van der Waals surface area contributed by atoms with E-state index < -0.39 is 24.6 Å². The minimum absolute atomic E-state index is 0.0596. The van der Waals surface area contributed by atoms with E-state index in [1.54, 1.807) is 0 Å². The van der Waals surface area contributed by atoms with E-state index in [2.05, 4.69) is 5.32 Å². The van der Waals surface area contributed by atoms with Gasteiger partial charge >= 0.3 is 5.97 Å². The number of halogens is 1. The highest BCUT2D eigenvalue weighted by Crippen LogP contribution is 2.22. The van der Waals surface area contributed by atoms with Crippen LogP contribution in [0.5, 0.6) is 0 Å². The summed E-state index contributed by atoms with van der Waals surface area (Å²) < 4.78 is 17.8. The fourth-order valence-electron chi connectivity index (χ4n) is 1.82. The van der Waals surface area contributed by atoms with Crippen LogP contribution in [0.25, 0.3) is 0 Å². The van der Waals surface area contributed by atoms with Crippen molar-refractivity contribution in [3.8, 4) is 0 Å². The van der Waals surface area contributed by atoms with Crippen molar-refractivity contribution >= 4 is 11.9 Å². The van der Waals surface area contributed by atoms with Gasteiger partial charge in [0.2, 0.25) is 5.91 Å². The maximum Gasteiger partial charge on any atom is 0.328 e. The predicted octanol–water partition coefficient (Wildman–Crippen LogP) is 0.873. The van der Waals surface area contributed by atoms with Crippen LogP contribution in [0.2, 0.25) is 0 Å². The van der Waals surface area contributed by atoms with Gasteiger partial charge in [-0.3, -0.25) is 4.79 Å². The third-order valence-electron chi connectivity index (χ3n) is 2.80. The molecule has 6 heteroatoms. The molecule has 1 saturated heterocycles. The molecular weight excluding hydrogens is 229 g/mol. The topological polar surface area (TPSA) is 75.6 Å². The summed E-state index contributed by atoms with van der Waals surface area (Å²) in [5, 5.41) is 10.7. The van der Waals surface area contributed by atoms with E-state index in [-0.39, 0.29) is 18.6 Å². The summed E-state index contributed by atoms with van der Waals surface area (Å²) in [5.74, 6) is -1.80. The standard InChI is InChI=1S/C11H18FNO4/c1-7-2-3-8(17-7)4-5-10(14)13-9(6-12)11(15)16/h7-9H,2-6H2,1H3,(H,13,14)(H,15,16). The number of ether oxygens (including phenoxy) is 1. The van der Waals surface area contributed by atoms with E-state index in [4.69, 9.17) is 9.84 Å². The van der Waals surface area contributed by atoms with Crippen LogP contribution in [0.15, 0.2) is 0 Å². The van der Waals surface area contributed by atoms with Crippen LogP contribution in [-0.4, -0.2) is 41.9 Å². The van der Waals surface area contributed by atoms with Crippen molar-refractivity contribution in [1.29, 1.82) is 0 Å². The second kappa shape index (κ2) is 6.54. The quantitative estimate of drug-likeness (QED) is 0.730. The molecule has 0 aromatic carbocycles. The monoisotopic (exact) mass is 247 g/mol. The van der Waals surface area contributed by atoms with Crippen molar-refractivity contribution in [3.63, 3.8) is 0 Å². The number of aliphatic carboxylic acids is 1. The molecule has 0 bridgehead atoms. The Morgan fingerprint density at radius 1 is 1.53 bits per heavy atom. The van der Waals surface area contributed by atoms with Crippen LogP contribution in [0.3, 0.4) is 0 Å². The molecule has 0 saturated carbocycles. The number of hydrogen-bond acceptors (Lipinski definition) is 3. The van der Waals surface area contributed by atoms with Crippen LogP contribution in [-0.2, 0) is 14.3 Å². The number of hydrogen-bond donors (Lipinski definition) is 2. The lowest BCUT2D eigenvalue weighted by Gasteiger charge is -2.13. The smallest absolute Gasteiger partial charge is 0.328 e. The Bertz CT molecular complexity index is 285. The number of nitrogens with one attached hydrogen (secondary N) is 1. The van der Waals surface area contributed by atoms with Gasteiger partial charge in [-0.1, -0.05) is 0 Å². The zero-order valence-electron chi connectivity index (χ0n) is 9.82. The molecule has 98 valence electrons. The maximum atomic E-state index is 12.2. The third-order valence-corrected chi connectivity index (χ3v) is 2.80. The van der Waals surface area contributed by atoms with Gasteiger partial charge in [0.25, 0.3) is 0 Å². The van der Waals surface area contributed by atoms with E-state index in [0.29, 0.717) is 6.42 Å².